The highest BCUT2D eigenvalue weighted by Crippen LogP contribution is 2.24. The van der Waals surface area contributed by atoms with Gasteiger partial charge < -0.3 is 4.74 Å². The molecular formula is C21H17N7O2. The van der Waals surface area contributed by atoms with Gasteiger partial charge in [0.25, 0.3) is 5.56 Å². The predicted molar refractivity (Wildman–Crippen MR) is 114 cm³/mol. The van der Waals surface area contributed by atoms with Crippen molar-refractivity contribution in [3.63, 3.8) is 0 Å². The lowest BCUT2D eigenvalue weighted by Crippen LogP contribution is -2.22. The summed E-state index contributed by atoms with van der Waals surface area (Å²) in [6, 6.07) is 11.2. The first kappa shape index (κ1) is 18.1. The largest absolute Gasteiger partial charge is 0.383 e. The molecule has 4 heterocycles. The summed E-state index contributed by atoms with van der Waals surface area (Å²) in [5.41, 5.74) is 3.43. The highest BCUT2D eigenvalue weighted by Gasteiger charge is 2.19. The third-order valence-corrected chi connectivity index (χ3v) is 4.77. The second-order valence-electron chi connectivity index (χ2n) is 6.66. The Balaban J connectivity index is 1.82. The highest BCUT2D eigenvalue weighted by molar-refractivity contribution is 6.04. The number of methoxy groups -OCH3 is 1. The Morgan fingerprint density at radius 3 is 2.60 bits per heavy atom. The van der Waals surface area contributed by atoms with E-state index in [2.05, 4.69) is 15.1 Å². The molecule has 0 unspecified atom stereocenters. The molecule has 0 aliphatic carbocycles. The molecule has 5 aromatic rings. The fourth-order valence-electron chi connectivity index (χ4n) is 3.29. The maximum Gasteiger partial charge on any atom is 0.265 e. The minimum absolute atomic E-state index is 0.204. The van der Waals surface area contributed by atoms with Crippen molar-refractivity contribution in [3.8, 4) is 0 Å². The monoisotopic (exact) mass is 399 g/mol. The average Bonchev–Trinajstić information content (AvgIpc) is 3.09. The van der Waals surface area contributed by atoms with Crippen LogP contribution in [0.15, 0.2) is 65.0 Å². The van der Waals surface area contributed by atoms with E-state index in [1.54, 1.807) is 30.4 Å². The molecule has 0 bridgehead atoms. The SMILES string of the molecule is COCCn1cnc2c(c1=O)c1nc3ccccc3nc1n2/N=C/c1ccncc1. The molecule has 4 aromatic heterocycles. The van der Waals surface area contributed by atoms with Crippen LogP contribution < -0.4 is 5.56 Å². The van der Waals surface area contributed by atoms with Crippen LogP contribution in [0.1, 0.15) is 5.56 Å². The summed E-state index contributed by atoms with van der Waals surface area (Å²) in [5.74, 6) is 0. The molecule has 148 valence electrons. The zero-order valence-electron chi connectivity index (χ0n) is 16.1. The van der Waals surface area contributed by atoms with Crippen LogP contribution in [0.25, 0.3) is 33.2 Å². The molecule has 0 aliphatic rings. The molecule has 0 fully saturated rings. The number of rotatable bonds is 5. The molecule has 5 rings (SSSR count). The maximum absolute atomic E-state index is 13.2. The normalized spacial score (nSPS) is 11.9. The van der Waals surface area contributed by atoms with E-state index in [1.165, 1.54) is 10.9 Å². The Morgan fingerprint density at radius 1 is 1.07 bits per heavy atom. The van der Waals surface area contributed by atoms with Crippen LogP contribution in [0.4, 0.5) is 0 Å². The van der Waals surface area contributed by atoms with Crippen LogP contribution >= 0.6 is 0 Å². The first-order valence-electron chi connectivity index (χ1n) is 9.36. The molecule has 0 amide bonds. The third-order valence-electron chi connectivity index (χ3n) is 4.77. The van der Waals surface area contributed by atoms with Crippen LogP contribution in [0.3, 0.4) is 0 Å². The van der Waals surface area contributed by atoms with Crippen LogP contribution in [0.5, 0.6) is 0 Å². The van der Waals surface area contributed by atoms with E-state index in [1.807, 2.05) is 36.4 Å². The number of fused-ring (bicyclic) bond motifs is 4. The van der Waals surface area contributed by atoms with Crippen molar-refractivity contribution >= 4 is 39.4 Å². The first-order chi connectivity index (χ1) is 14.8. The summed E-state index contributed by atoms with van der Waals surface area (Å²) < 4.78 is 8.18. The number of para-hydroxylation sites is 2. The van der Waals surface area contributed by atoms with Crippen LogP contribution in [-0.2, 0) is 11.3 Å². The van der Waals surface area contributed by atoms with Gasteiger partial charge in [0.2, 0.25) is 0 Å². The number of aromatic nitrogens is 6. The van der Waals surface area contributed by atoms with Crippen LogP contribution in [-0.4, -0.2) is 49.1 Å². The Labute approximate surface area is 170 Å². The van der Waals surface area contributed by atoms with E-state index in [4.69, 9.17) is 14.7 Å². The van der Waals surface area contributed by atoms with Crippen molar-refractivity contribution < 1.29 is 4.74 Å². The van der Waals surface area contributed by atoms with Gasteiger partial charge in [-0.25, -0.2) is 15.0 Å². The van der Waals surface area contributed by atoms with Gasteiger partial charge in [-0.3, -0.25) is 14.3 Å². The number of hydrogen-bond donors (Lipinski definition) is 0. The Hall–Kier alpha value is -3.98. The second kappa shape index (κ2) is 7.45. The van der Waals surface area contributed by atoms with Gasteiger partial charge >= 0.3 is 0 Å². The van der Waals surface area contributed by atoms with Gasteiger partial charge in [0, 0.05) is 19.5 Å². The third kappa shape index (κ3) is 3.01. The summed E-state index contributed by atoms with van der Waals surface area (Å²) in [4.78, 5) is 31.1. The molecule has 0 atom stereocenters. The number of pyridine rings is 1. The van der Waals surface area contributed by atoms with Gasteiger partial charge in [0.1, 0.15) is 17.2 Å². The Morgan fingerprint density at radius 2 is 1.83 bits per heavy atom. The van der Waals surface area contributed by atoms with Crippen molar-refractivity contribution in [1.29, 1.82) is 0 Å². The molecule has 0 N–H and O–H groups in total. The van der Waals surface area contributed by atoms with Crippen molar-refractivity contribution in [1.82, 2.24) is 29.2 Å². The Bertz CT molecular complexity index is 1460. The lowest BCUT2D eigenvalue weighted by molar-refractivity contribution is 0.186. The number of nitrogens with zero attached hydrogens (tertiary/aromatic N) is 7. The summed E-state index contributed by atoms with van der Waals surface area (Å²) >= 11 is 0. The van der Waals surface area contributed by atoms with Gasteiger partial charge in [0.05, 0.1) is 30.4 Å². The van der Waals surface area contributed by atoms with E-state index < -0.39 is 0 Å². The number of hydrogen-bond acceptors (Lipinski definition) is 7. The van der Waals surface area contributed by atoms with Crippen molar-refractivity contribution in [2.45, 2.75) is 6.54 Å². The van der Waals surface area contributed by atoms with Gasteiger partial charge in [-0.1, -0.05) is 12.1 Å². The lowest BCUT2D eigenvalue weighted by Gasteiger charge is -2.04. The number of ether oxygens (including phenoxy) is 1. The van der Waals surface area contributed by atoms with E-state index in [0.717, 1.165) is 5.56 Å². The zero-order valence-corrected chi connectivity index (χ0v) is 16.1. The topological polar surface area (TPSA) is 100 Å². The van der Waals surface area contributed by atoms with Gasteiger partial charge in [-0.2, -0.15) is 9.78 Å². The van der Waals surface area contributed by atoms with Crippen molar-refractivity contribution in [2.75, 3.05) is 13.7 Å². The van der Waals surface area contributed by atoms with E-state index >= 15 is 0 Å². The lowest BCUT2D eigenvalue weighted by atomic mass is 10.3. The zero-order chi connectivity index (χ0) is 20.5. The molecule has 0 saturated heterocycles. The summed E-state index contributed by atoms with van der Waals surface area (Å²) in [6.07, 6.45) is 6.55. The van der Waals surface area contributed by atoms with Gasteiger partial charge in [0.15, 0.2) is 11.3 Å². The fourth-order valence-corrected chi connectivity index (χ4v) is 3.29. The molecule has 0 radical (unpaired) electrons. The first-order valence-corrected chi connectivity index (χ1v) is 9.36. The van der Waals surface area contributed by atoms with Crippen LogP contribution in [0.2, 0.25) is 0 Å². The number of benzene rings is 1. The highest BCUT2D eigenvalue weighted by atomic mass is 16.5. The Kier molecular flexibility index (Phi) is 4.49. The molecule has 1 aromatic carbocycles. The van der Waals surface area contributed by atoms with Gasteiger partial charge in [-0.05, 0) is 29.8 Å². The van der Waals surface area contributed by atoms with Crippen molar-refractivity contribution in [2.24, 2.45) is 5.10 Å². The quantitative estimate of drug-likeness (QED) is 0.420. The standard InChI is InChI=1S/C21H17N7O2/c1-30-11-10-27-13-23-19-17(21(27)29)18-20(26-16-5-3-2-4-15(16)25-18)28(19)24-12-14-6-8-22-9-7-14/h2-9,12-13H,10-11H2,1H3/b24-12+. The van der Waals surface area contributed by atoms with E-state index in [0.29, 0.717) is 46.4 Å². The molecule has 0 aliphatic heterocycles. The van der Waals surface area contributed by atoms with Crippen LogP contribution in [0, 0.1) is 0 Å². The molecule has 30 heavy (non-hydrogen) atoms. The predicted octanol–water partition coefficient (Wildman–Crippen LogP) is 2.22. The molecule has 9 heteroatoms. The minimum Gasteiger partial charge on any atom is -0.383 e. The molecule has 0 saturated carbocycles. The maximum atomic E-state index is 13.2. The second-order valence-corrected chi connectivity index (χ2v) is 6.66. The molecular weight excluding hydrogens is 382 g/mol. The van der Waals surface area contributed by atoms with E-state index in [-0.39, 0.29) is 5.56 Å². The molecule has 9 nitrogen and oxygen atoms in total. The van der Waals surface area contributed by atoms with Crippen molar-refractivity contribution in [3.05, 3.63) is 71.0 Å². The summed E-state index contributed by atoms with van der Waals surface area (Å²) in [7, 11) is 1.59. The smallest absolute Gasteiger partial charge is 0.265 e. The molecule has 0 spiro atoms. The summed E-state index contributed by atoms with van der Waals surface area (Å²) in [6.45, 7) is 0.798. The average molecular weight is 399 g/mol. The van der Waals surface area contributed by atoms with Gasteiger partial charge in [-0.15, -0.1) is 0 Å². The minimum atomic E-state index is -0.204. The van der Waals surface area contributed by atoms with E-state index in [9.17, 15) is 4.79 Å². The summed E-state index contributed by atoms with van der Waals surface area (Å²) in [5, 5.41) is 4.94. The fraction of sp³-hybridized carbons (Fsp3) is 0.143.